The zero-order chi connectivity index (χ0) is 8.77. The molecule has 0 radical (unpaired) electrons. The van der Waals surface area contributed by atoms with E-state index in [9.17, 15) is 13.2 Å². The molecule has 1 amide bonds. The molecule has 0 spiro atoms. The van der Waals surface area contributed by atoms with Gasteiger partial charge in [-0.15, -0.1) is 0 Å². The summed E-state index contributed by atoms with van der Waals surface area (Å²) in [6.45, 7) is 0. The van der Waals surface area contributed by atoms with Crippen molar-refractivity contribution in [2.45, 2.75) is 4.90 Å². The van der Waals surface area contributed by atoms with Crippen LogP contribution in [0.1, 0.15) is 10.4 Å². The second kappa shape index (κ2) is 3.14. The number of hydrogen-bond acceptors (Lipinski definition) is 3. The van der Waals surface area contributed by atoms with E-state index >= 15 is 0 Å². The van der Waals surface area contributed by atoms with Crippen molar-refractivity contribution < 1.29 is 13.2 Å². The Balaban J connectivity index is 0.000000845. The Labute approximate surface area is 85.9 Å². The van der Waals surface area contributed by atoms with Crippen LogP contribution in [0.25, 0.3) is 0 Å². The summed E-state index contributed by atoms with van der Waals surface area (Å²) >= 11 is 0. The molecule has 6 heteroatoms. The monoisotopic (exact) mass is 265 g/mol. The zero-order valence-corrected chi connectivity index (χ0v) is 9.36. The van der Waals surface area contributed by atoms with Crippen LogP contribution in [0, 0.1) is 0 Å². The van der Waals surface area contributed by atoms with Gasteiger partial charge in [0, 0.05) is 0 Å². The Morgan fingerprint density at radius 2 is 1.77 bits per heavy atom. The first-order chi connectivity index (χ1) is 5.61. The van der Waals surface area contributed by atoms with Crippen molar-refractivity contribution >= 4 is 33.0 Å². The van der Waals surface area contributed by atoms with E-state index in [1.54, 1.807) is 12.1 Å². The van der Waals surface area contributed by atoms with Crippen LogP contribution in [0.5, 0.6) is 0 Å². The number of carbonyl (C=O) groups is 1. The topological polar surface area (TPSA) is 63.2 Å². The van der Waals surface area contributed by atoms with E-state index in [0.717, 1.165) is 0 Å². The summed E-state index contributed by atoms with van der Waals surface area (Å²) in [5.74, 6) is -0.550. The summed E-state index contributed by atoms with van der Waals surface area (Å²) < 4.78 is 24.2. The predicted molar refractivity (Wildman–Crippen MR) is 49.6 cm³/mol. The molecule has 0 saturated carbocycles. The number of benzene rings is 1. The van der Waals surface area contributed by atoms with Crippen LogP contribution in [0.4, 0.5) is 0 Å². The van der Waals surface area contributed by atoms with Crippen LogP contribution in [0.15, 0.2) is 29.2 Å². The van der Waals surface area contributed by atoms with Crippen LogP contribution < -0.4 is 4.72 Å². The molecule has 1 N–H and O–H groups in total. The third-order valence-electron chi connectivity index (χ3n) is 1.65. The SMILES string of the molecule is O=C1NS(=O)(=O)c2ccccc21.[SeH2]. The molecular formula is C7H7NO3SSe. The van der Waals surface area contributed by atoms with Crippen molar-refractivity contribution in [3.63, 3.8) is 0 Å². The number of carbonyl (C=O) groups excluding carboxylic acids is 1. The van der Waals surface area contributed by atoms with E-state index in [0.29, 0.717) is 0 Å². The predicted octanol–water partition coefficient (Wildman–Crippen LogP) is -0.798. The van der Waals surface area contributed by atoms with Gasteiger partial charge in [-0.3, -0.25) is 4.79 Å². The first kappa shape index (κ1) is 10.2. The molecule has 0 saturated heterocycles. The Bertz CT molecular complexity index is 455. The molecule has 1 aromatic rings. The third kappa shape index (κ3) is 1.48. The summed E-state index contributed by atoms with van der Waals surface area (Å²) in [6, 6.07) is 6.09. The Morgan fingerprint density at radius 3 is 2.38 bits per heavy atom. The first-order valence-corrected chi connectivity index (χ1v) is 4.76. The van der Waals surface area contributed by atoms with Gasteiger partial charge in [0.05, 0.1) is 5.56 Å². The van der Waals surface area contributed by atoms with Crippen molar-refractivity contribution in [1.82, 2.24) is 4.72 Å². The van der Waals surface area contributed by atoms with Gasteiger partial charge in [-0.1, -0.05) is 12.1 Å². The van der Waals surface area contributed by atoms with Gasteiger partial charge in [-0.25, -0.2) is 13.1 Å². The number of amides is 1. The standard InChI is InChI=1S/C7H5NO3S.H2Se/c9-7-5-3-1-2-4-6(5)12(10,11)8-7;/h1-4H,(H,8,9);1H2. The molecule has 0 aromatic heterocycles. The van der Waals surface area contributed by atoms with Crippen molar-refractivity contribution in [2.75, 3.05) is 0 Å². The Kier molecular flexibility index (Phi) is 2.47. The molecule has 1 aromatic carbocycles. The van der Waals surface area contributed by atoms with Gasteiger partial charge in [-0.05, 0) is 12.1 Å². The molecule has 1 heterocycles. The Hall–Kier alpha value is -0.841. The van der Waals surface area contributed by atoms with E-state index in [1.165, 1.54) is 12.1 Å². The minimum atomic E-state index is -3.55. The van der Waals surface area contributed by atoms with Crippen molar-refractivity contribution in [3.8, 4) is 0 Å². The maximum atomic E-state index is 11.1. The number of fused-ring (bicyclic) bond motifs is 1. The summed E-state index contributed by atoms with van der Waals surface area (Å²) in [6.07, 6.45) is 0. The fourth-order valence-corrected chi connectivity index (χ4v) is 2.29. The molecule has 0 bridgehead atoms. The summed E-state index contributed by atoms with van der Waals surface area (Å²) in [4.78, 5) is 11.1. The van der Waals surface area contributed by atoms with Crippen LogP contribution in [0.2, 0.25) is 0 Å². The van der Waals surface area contributed by atoms with E-state index in [-0.39, 0.29) is 27.5 Å². The van der Waals surface area contributed by atoms with Crippen molar-refractivity contribution in [3.05, 3.63) is 29.8 Å². The summed E-state index contributed by atoms with van der Waals surface area (Å²) in [5.41, 5.74) is 0.220. The zero-order valence-electron chi connectivity index (χ0n) is 6.44. The van der Waals surface area contributed by atoms with E-state index in [4.69, 9.17) is 0 Å². The van der Waals surface area contributed by atoms with Gasteiger partial charge >= 0.3 is 17.1 Å². The molecule has 2 rings (SSSR count). The van der Waals surface area contributed by atoms with Crippen LogP contribution in [-0.4, -0.2) is 31.4 Å². The molecule has 0 unspecified atom stereocenters. The average Bonchev–Trinajstić information content (AvgIpc) is 2.25. The molecule has 4 nitrogen and oxygen atoms in total. The van der Waals surface area contributed by atoms with Gasteiger partial charge < -0.3 is 0 Å². The molecule has 13 heavy (non-hydrogen) atoms. The quantitative estimate of drug-likeness (QED) is 0.624. The number of hydrogen-bond donors (Lipinski definition) is 1. The first-order valence-electron chi connectivity index (χ1n) is 3.27. The Morgan fingerprint density at radius 1 is 1.15 bits per heavy atom. The molecule has 0 atom stereocenters. The molecule has 0 fully saturated rings. The molecule has 0 aliphatic carbocycles. The van der Waals surface area contributed by atoms with Gasteiger partial charge in [0.1, 0.15) is 4.90 Å². The fraction of sp³-hybridized carbons (Fsp3) is 0. The van der Waals surface area contributed by atoms with Gasteiger partial charge in [0.15, 0.2) is 0 Å². The fourth-order valence-electron chi connectivity index (χ4n) is 1.12. The number of nitrogens with one attached hydrogen (secondary N) is 1. The summed E-state index contributed by atoms with van der Waals surface area (Å²) in [5, 5.41) is 0. The van der Waals surface area contributed by atoms with Crippen LogP contribution in [-0.2, 0) is 10.0 Å². The molecular weight excluding hydrogens is 257 g/mol. The van der Waals surface area contributed by atoms with Gasteiger partial charge in [-0.2, -0.15) is 0 Å². The van der Waals surface area contributed by atoms with Gasteiger partial charge in [0.25, 0.3) is 15.9 Å². The van der Waals surface area contributed by atoms with E-state index in [1.807, 2.05) is 4.72 Å². The minimum absolute atomic E-state index is 0. The van der Waals surface area contributed by atoms with Gasteiger partial charge in [0.2, 0.25) is 0 Å². The third-order valence-corrected chi connectivity index (χ3v) is 3.04. The number of sulfonamides is 1. The second-order valence-corrected chi connectivity index (χ2v) is 4.08. The summed E-state index contributed by atoms with van der Waals surface area (Å²) in [7, 11) is -3.55. The van der Waals surface area contributed by atoms with E-state index in [2.05, 4.69) is 0 Å². The maximum absolute atomic E-state index is 11.1. The molecule has 1 aliphatic heterocycles. The number of rotatable bonds is 0. The van der Waals surface area contributed by atoms with Crippen LogP contribution >= 0.6 is 0 Å². The average molecular weight is 264 g/mol. The van der Waals surface area contributed by atoms with Crippen molar-refractivity contribution in [1.29, 1.82) is 0 Å². The second-order valence-electron chi connectivity index (χ2n) is 2.43. The molecule has 70 valence electrons. The molecule has 1 aliphatic rings. The van der Waals surface area contributed by atoms with E-state index < -0.39 is 15.9 Å². The normalized spacial score (nSPS) is 17.1. The van der Waals surface area contributed by atoms with Crippen LogP contribution in [0.3, 0.4) is 0 Å². The van der Waals surface area contributed by atoms with Crippen molar-refractivity contribution in [2.24, 2.45) is 0 Å².